The van der Waals surface area contributed by atoms with Crippen LogP contribution in [-0.4, -0.2) is 65.1 Å². The molecule has 0 spiro atoms. The average Bonchev–Trinajstić information content (AvgIpc) is 2.75. The van der Waals surface area contributed by atoms with Gasteiger partial charge >= 0.3 is 0 Å². The van der Waals surface area contributed by atoms with Gasteiger partial charge in [0, 0.05) is 50.3 Å². The fourth-order valence-corrected chi connectivity index (χ4v) is 3.95. The first-order valence-electron chi connectivity index (χ1n) is 9.16. The molecule has 1 fully saturated rings. The summed E-state index contributed by atoms with van der Waals surface area (Å²) in [7, 11) is -3.14. The molecule has 0 radical (unpaired) electrons. The van der Waals surface area contributed by atoms with E-state index in [0.717, 1.165) is 22.8 Å². The van der Waals surface area contributed by atoms with Crippen LogP contribution in [-0.2, 0) is 10.0 Å². The summed E-state index contributed by atoms with van der Waals surface area (Å²) >= 11 is 0. The summed E-state index contributed by atoms with van der Waals surface area (Å²) in [4.78, 5) is 19.5. The first kappa shape index (κ1) is 19.2. The van der Waals surface area contributed by atoms with Gasteiger partial charge in [-0.3, -0.25) is 4.98 Å². The highest BCUT2D eigenvalue weighted by Crippen LogP contribution is 2.20. The van der Waals surface area contributed by atoms with Gasteiger partial charge in [-0.25, -0.2) is 23.4 Å². The Morgan fingerprint density at radius 3 is 2.45 bits per heavy atom. The molecule has 10 heteroatoms. The highest BCUT2D eigenvalue weighted by atomic mass is 32.2. The van der Waals surface area contributed by atoms with Crippen molar-refractivity contribution >= 4 is 27.5 Å². The minimum atomic E-state index is -3.14. The van der Waals surface area contributed by atoms with Crippen LogP contribution in [0.5, 0.6) is 0 Å². The number of sulfonamides is 1. The van der Waals surface area contributed by atoms with Crippen LogP contribution in [0.3, 0.4) is 0 Å². The highest BCUT2D eigenvalue weighted by molar-refractivity contribution is 7.88. The molecule has 0 saturated carbocycles. The maximum Gasteiger partial charge on any atom is 0.227 e. The summed E-state index contributed by atoms with van der Waals surface area (Å²) in [6, 6.07) is 9.45. The Bertz CT molecular complexity index is 1070. The second-order valence-corrected chi connectivity index (χ2v) is 8.67. The Balaban J connectivity index is 1.42. The molecule has 1 aliphatic heterocycles. The third-order valence-corrected chi connectivity index (χ3v) is 5.95. The van der Waals surface area contributed by atoms with E-state index in [4.69, 9.17) is 0 Å². The lowest BCUT2D eigenvalue weighted by Gasteiger charge is -2.33. The van der Waals surface area contributed by atoms with Crippen molar-refractivity contribution < 1.29 is 8.42 Å². The Hall–Kier alpha value is -3.11. The molecule has 9 nitrogen and oxygen atoms in total. The number of hydrogen-bond acceptors (Lipinski definition) is 8. The number of piperazine rings is 1. The SMILES string of the molecule is CS(=O)(=O)N1CCN(c2ccc(Nc3nccc(-c4cccnc4)n3)cn2)CC1. The zero-order valence-corrected chi connectivity index (χ0v) is 16.7. The summed E-state index contributed by atoms with van der Waals surface area (Å²) in [6.45, 7) is 2.16. The van der Waals surface area contributed by atoms with Crippen molar-refractivity contribution in [2.45, 2.75) is 0 Å². The molecule has 1 N–H and O–H groups in total. The monoisotopic (exact) mass is 411 g/mol. The van der Waals surface area contributed by atoms with Gasteiger partial charge in [0.25, 0.3) is 0 Å². The molecule has 4 heterocycles. The van der Waals surface area contributed by atoms with Gasteiger partial charge < -0.3 is 10.2 Å². The normalized spacial score (nSPS) is 15.3. The standard InChI is InChI=1S/C19H21N7O2S/c1-29(27,28)26-11-9-25(10-12-26)18-5-4-16(14-22-18)23-19-21-8-6-17(24-19)15-3-2-7-20-13-15/h2-8,13-14H,9-12H2,1H3,(H,21,23,24). The van der Waals surface area contributed by atoms with E-state index in [9.17, 15) is 8.42 Å². The van der Waals surface area contributed by atoms with Crippen LogP contribution < -0.4 is 10.2 Å². The third-order valence-electron chi connectivity index (χ3n) is 4.65. The molecule has 0 amide bonds. The van der Waals surface area contributed by atoms with E-state index in [-0.39, 0.29) is 0 Å². The molecule has 0 aliphatic carbocycles. The quantitative estimate of drug-likeness (QED) is 0.677. The number of nitrogens with one attached hydrogen (secondary N) is 1. The predicted molar refractivity (Wildman–Crippen MR) is 111 cm³/mol. The fourth-order valence-electron chi connectivity index (χ4n) is 3.12. The van der Waals surface area contributed by atoms with Gasteiger partial charge in [0.05, 0.1) is 23.8 Å². The molecule has 0 bridgehead atoms. The molecule has 1 aliphatic rings. The summed E-state index contributed by atoms with van der Waals surface area (Å²) in [5.74, 6) is 1.29. The molecule has 3 aromatic heterocycles. The van der Waals surface area contributed by atoms with Crippen LogP contribution in [0.2, 0.25) is 0 Å². The molecular formula is C19H21N7O2S. The lowest BCUT2D eigenvalue weighted by Crippen LogP contribution is -2.48. The topological polar surface area (TPSA) is 104 Å². The van der Waals surface area contributed by atoms with Crippen molar-refractivity contribution in [3.63, 3.8) is 0 Å². The second kappa shape index (κ2) is 8.10. The average molecular weight is 411 g/mol. The summed E-state index contributed by atoms with van der Waals surface area (Å²) in [5.41, 5.74) is 2.47. The van der Waals surface area contributed by atoms with E-state index < -0.39 is 10.0 Å². The highest BCUT2D eigenvalue weighted by Gasteiger charge is 2.23. The number of anilines is 3. The minimum absolute atomic E-state index is 0.468. The van der Waals surface area contributed by atoms with Crippen LogP contribution in [0.15, 0.2) is 55.1 Å². The van der Waals surface area contributed by atoms with Gasteiger partial charge in [-0.1, -0.05) is 0 Å². The molecule has 29 heavy (non-hydrogen) atoms. The van der Waals surface area contributed by atoms with Crippen LogP contribution in [0.25, 0.3) is 11.3 Å². The second-order valence-electron chi connectivity index (χ2n) is 6.69. The molecule has 0 aromatic carbocycles. The van der Waals surface area contributed by atoms with Crippen molar-refractivity contribution in [1.29, 1.82) is 0 Å². The Kier molecular flexibility index (Phi) is 5.36. The van der Waals surface area contributed by atoms with Gasteiger partial charge in [0.1, 0.15) is 5.82 Å². The van der Waals surface area contributed by atoms with E-state index in [1.54, 1.807) is 24.8 Å². The number of hydrogen-bond donors (Lipinski definition) is 1. The molecule has 4 rings (SSSR count). The Morgan fingerprint density at radius 1 is 0.966 bits per heavy atom. The maximum atomic E-state index is 11.6. The maximum absolute atomic E-state index is 11.6. The van der Waals surface area contributed by atoms with Crippen molar-refractivity contribution in [3.8, 4) is 11.3 Å². The van der Waals surface area contributed by atoms with Crippen LogP contribution in [0.1, 0.15) is 0 Å². The van der Waals surface area contributed by atoms with Gasteiger partial charge in [0.2, 0.25) is 16.0 Å². The predicted octanol–water partition coefficient (Wildman–Crippen LogP) is 1.76. The molecule has 0 atom stereocenters. The lowest BCUT2D eigenvalue weighted by molar-refractivity contribution is 0.387. The third kappa shape index (κ3) is 4.66. The van der Waals surface area contributed by atoms with Crippen LogP contribution in [0, 0.1) is 0 Å². The smallest absolute Gasteiger partial charge is 0.227 e. The van der Waals surface area contributed by atoms with E-state index in [0.29, 0.717) is 32.1 Å². The van der Waals surface area contributed by atoms with Crippen LogP contribution >= 0.6 is 0 Å². The van der Waals surface area contributed by atoms with Crippen LogP contribution in [0.4, 0.5) is 17.5 Å². The molecule has 1 saturated heterocycles. The lowest BCUT2D eigenvalue weighted by atomic mass is 10.2. The van der Waals surface area contributed by atoms with Crippen molar-refractivity contribution in [2.75, 3.05) is 42.7 Å². The molecule has 3 aromatic rings. The van der Waals surface area contributed by atoms with Gasteiger partial charge in [0.15, 0.2) is 0 Å². The zero-order valence-electron chi connectivity index (χ0n) is 15.9. The zero-order chi connectivity index (χ0) is 20.3. The number of nitrogens with zero attached hydrogens (tertiary/aromatic N) is 6. The first-order valence-corrected chi connectivity index (χ1v) is 11.0. The minimum Gasteiger partial charge on any atom is -0.354 e. The van der Waals surface area contributed by atoms with Crippen molar-refractivity contribution in [1.82, 2.24) is 24.2 Å². The largest absolute Gasteiger partial charge is 0.354 e. The first-order chi connectivity index (χ1) is 14.0. The summed E-state index contributed by atoms with van der Waals surface area (Å²) in [6.07, 6.45) is 8.13. The molecule has 0 unspecified atom stereocenters. The number of aromatic nitrogens is 4. The molecule has 150 valence electrons. The van der Waals surface area contributed by atoms with Gasteiger partial charge in [-0.2, -0.15) is 4.31 Å². The summed E-state index contributed by atoms with van der Waals surface area (Å²) < 4.78 is 24.8. The number of pyridine rings is 2. The van der Waals surface area contributed by atoms with Crippen molar-refractivity contribution in [3.05, 3.63) is 55.1 Å². The fraction of sp³-hybridized carbons (Fsp3) is 0.263. The Morgan fingerprint density at radius 2 is 1.79 bits per heavy atom. The van der Waals surface area contributed by atoms with E-state index in [2.05, 4.69) is 30.2 Å². The van der Waals surface area contributed by atoms with Gasteiger partial charge in [-0.15, -0.1) is 0 Å². The van der Waals surface area contributed by atoms with E-state index in [1.807, 2.05) is 30.3 Å². The Labute approximate surface area is 169 Å². The van der Waals surface area contributed by atoms with Crippen molar-refractivity contribution in [2.24, 2.45) is 0 Å². The van der Waals surface area contributed by atoms with E-state index in [1.165, 1.54) is 10.6 Å². The van der Waals surface area contributed by atoms with Gasteiger partial charge in [-0.05, 0) is 30.3 Å². The van der Waals surface area contributed by atoms with E-state index >= 15 is 0 Å². The number of rotatable bonds is 5. The summed E-state index contributed by atoms with van der Waals surface area (Å²) in [5, 5.41) is 3.16. The molecular weight excluding hydrogens is 390 g/mol.